The van der Waals surface area contributed by atoms with Crippen molar-refractivity contribution < 1.29 is 19.1 Å². The molecule has 2 N–H and O–H groups in total. The van der Waals surface area contributed by atoms with Crippen LogP contribution in [0.15, 0.2) is 30.0 Å². The molecule has 1 aromatic carbocycles. The van der Waals surface area contributed by atoms with Gasteiger partial charge in [0.25, 0.3) is 5.91 Å². The van der Waals surface area contributed by atoms with E-state index in [0.717, 1.165) is 0 Å². The molecule has 116 valence electrons. The Morgan fingerprint density at radius 2 is 1.86 bits per heavy atom. The SMILES string of the molecule is CC(C)(CCl)C(=O)Oc1ccc(/C=C2/NC(=O)NC2=O)cc1. The molecule has 22 heavy (non-hydrogen) atoms. The summed E-state index contributed by atoms with van der Waals surface area (Å²) in [6.07, 6.45) is 1.52. The minimum Gasteiger partial charge on any atom is -0.426 e. The highest BCUT2D eigenvalue weighted by Gasteiger charge is 2.28. The van der Waals surface area contributed by atoms with Crippen molar-refractivity contribution in [3.05, 3.63) is 35.5 Å². The number of hydrogen-bond donors (Lipinski definition) is 2. The van der Waals surface area contributed by atoms with E-state index < -0.39 is 23.3 Å². The van der Waals surface area contributed by atoms with Crippen LogP contribution in [0.2, 0.25) is 0 Å². The summed E-state index contributed by atoms with van der Waals surface area (Å²) in [5, 5.41) is 4.50. The van der Waals surface area contributed by atoms with Crippen LogP contribution in [0, 0.1) is 5.41 Å². The minimum absolute atomic E-state index is 0.158. The number of amides is 3. The van der Waals surface area contributed by atoms with Crippen LogP contribution in [0.3, 0.4) is 0 Å². The van der Waals surface area contributed by atoms with E-state index in [0.29, 0.717) is 11.3 Å². The second-order valence-electron chi connectivity index (χ2n) is 5.44. The maximum Gasteiger partial charge on any atom is 0.326 e. The zero-order valence-corrected chi connectivity index (χ0v) is 12.9. The van der Waals surface area contributed by atoms with E-state index in [1.165, 1.54) is 6.08 Å². The van der Waals surface area contributed by atoms with E-state index in [1.807, 2.05) is 0 Å². The monoisotopic (exact) mass is 322 g/mol. The summed E-state index contributed by atoms with van der Waals surface area (Å²) in [5.41, 5.74) is 0.0794. The fourth-order valence-corrected chi connectivity index (χ4v) is 1.69. The highest BCUT2D eigenvalue weighted by Crippen LogP contribution is 2.22. The number of esters is 1. The van der Waals surface area contributed by atoms with Crippen molar-refractivity contribution in [2.75, 3.05) is 5.88 Å². The van der Waals surface area contributed by atoms with E-state index in [9.17, 15) is 14.4 Å². The Morgan fingerprint density at radius 3 is 2.36 bits per heavy atom. The predicted molar refractivity (Wildman–Crippen MR) is 81.2 cm³/mol. The van der Waals surface area contributed by atoms with Gasteiger partial charge >= 0.3 is 12.0 Å². The van der Waals surface area contributed by atoms with Gasteiger partial charge in [0.05, 0.1) is 5.41 Å². The zero-order chi connectivity index (χ0) is 16.3. The number of benzene rings is 1. The molecule has 0 bridgehead atoms. The van der Waals surface area contributed by atoms with Crippen molar-refractivity contribution in [3.8, 4) is 5.75 Å². The molecule has 1 saturated heterocycles. The highest BCUT2D eigenvalue weighted by molar-refractivity contribution is 6.19. The van der Waals surface area contributed by atoms with Crippen LogP contribution in [-0.2, 0) is 9.59 Å². The topological polar surface area (TPSA) is 84.5 Å². The van der Waals surface area contributed by atoms with E-state index >= 15 is 0 Å². The molecule has 0 atom stereocenters. The number of rotatable bonds is 4. The first kappa shape index (κ1) is 16.0. The molecule has 0 aliphatic carbocycles. The summed E-state index contributed by atoms with van der Waals surface area (Å²) in [5.74, 6) is -0.365. The first-order chi connectivity index (χ1) is 10.3. The lowest BCUT2D eigenvalue weighted by Gasteiger charge is -2.18. The molecule has 1 aliphatic heterocycles. The molecule has 6 nitrogen and oxygen atoms in total. The van der Waals surface area contributed by atoms with Crippen LogP contribution in [0.5, 0.6) is 5.75 Å². The van der Waals surface area contributed by atoms with Gasteiger partial charge in [-0.3, -0.25) is 14.9 Å². The molecular weight excluding hydrogens is 308 g/mol. The lowest BCUT2D eigenvalue weighted by atomic mass is 9.97. The third-order valence-electron chi connectivity index (χ3n) is 3.01. The minimum atomic E-state index is -0.769. The predicted octanol–water partition coefficient (Wildman–Crippen LogP) is 2.04. The van der Waals surface area contributed by atoms with Crippen molar-refractivity contribution >= 4 is 35.6 Å². The van der Waals surface area contributed by atoms with Crippen LogP contribution in [0.25, 0.3) is 6.08 Å². The van der Waals surface area contributed by atoms with E-state index in [-0.39, 0.29) is 11.6 Å². The number of carbonyl (C=O) groups is 3. The van der Waals surface area contributed by atoms with Gasteiger partial charge < -0.3 is 10.1 Å². The fraction of sp³-hybridized carbons (Fsp3) is 0.267. The van der Waals surface area contributed by atoms with E-state index in [1.54, 1.807) is 38.1 Å². The number of carbonyl (C=O) groups excluding carboxylic acids is 3. The van der Waals surface area contributed by atoms with Crippen molar-refractivity contribution in [2.24, 2.45) is 5.41 Å². The van der Waals surface area contributed by atoms with Crippen LogP contribution in [-0.4, -0.2) is 23.8 Å². The molecule has 0 spiro atoms. The summed E-state index contributed by atoms with van der Waals surface area (Å²) in [6, 6.07) is 5.99. The maximum atomic E-state index is 11.9. The largest absolute Gasteiger partial charge is 0.426 e. The molecule has 1 heterocycles. The summed E-state index contributed by atoms with van der Waals surface area (Å²) >= 11 is 5.72. The summed E-state index contributed by atoms with van der Waals surface area (Å²) in [6.45, 7) is 3.39. The van der Waals surface area contributed by atoms with Crippen molar-refractivity contribution in [2.45, 2.75) is 13.8 Å². The van der Waals surface area contributed by atoms with Gasteiger partial charge in [0.2, 0.25) is 0 Å². The van der Waals surface area contributed by atoms with E-state index in [4.69, 9.17) is 16.3 Å². The molecule has 2 rings (SSSR count). The molecule has 1 aliphatic rings. The quantitative estimate of drug-likeness (QED) is 0.292. The number of nitrogens with one attached hydrogen (secondary N) is 2. The molecular formula is C15H15ClN2O4. The van der Waals surface area contributed by atoms with Gasteiger partial charge in [-0.15, -0.1) is 11.6 Å². The number of halogens is 1. The first-order valence-electron chi connectivity index (χ1n) is 6.54. The average molecular weight is 323 g/mol. The number of imide groups is 1. The zero-order valence-electron chi connectivity index (χ0n) is 12.1. The molecule has 0 aromatic heterocycles. The Morgan fingerprint density at radius 1 is 1.23 bits per heavy atom. The third kappa shape index (κ3) is 3.65. The molecule has 7 heteroatoms. The van der Waals surface area contributed by atoms with Gasteiger partial charge in [-0.05, 0) is 37.6 Å². The van der Waals surface area contributed by atoms with Crippen LogP contribution >= 0.6 is 11.6 Å². The van der Waals surface area contributed by atoms with Gasteiger partial charge in [0.15, 0.2) is 0 Å². The van der Waals surface area contributed by atoms with Gasteiger partial charge in [-0.1, -0.05) is 12.1 Å². The maximum absolute atomic E-state index is 11.9. The lowest BCUT2D eigenvalue weighted by molar-refractivity contribution is -0.142. The van der Waals surface area contributed by atoms with Crippen molar-refractivity contribution in [3.63, 3.8) is 0 Å². The Hall–Kier alpha value is -2.34. The van der Waals surface area contributed by atoms with Crippen molar-refractivity contribution in [1.29, 1.82) is 0 Å². The Balaban J connectivity index is 2.08. The van der Waals surface area contributed by atoms with Crippen LogP contribution in [0.1, 0.15) is 19.4 Å². The summed E-state index contributed by atoms with van der Waals surface area (Å²) in [7, 11) is 0. The van der Waals surface area contributed by atoms with Crippen molar-refractivity contribution in [1.82, 2.24) is 10.6 Å². The number of hydrogen-bond acceptors (Lipinski definition) is 4. The number of urea groups is 1. The number of alkyl halides is 1. The molecule has 1 fully saturated rings. The van der Waals surface area contributed by atoms with E-state index in [2.05, 4.69) is 10.6 Å². The lowest BCUT2D eigenvalue weighted by Crippen LogP contribution is -2.30. The normalized spacial score (nSPS) is 16.4. The molecule has 0 saturated carbocycles. The Bertz CT molecular complexity index is 650. The smallest absolute Gasteiger partial charge is 0.326 e. The average Bonchev–Trinajstić information content (AvgIpc) is 2.79. The van der Waals surface area contributed by atoms with Gasteiger partial charge in [0.1, 0.15) is 11.4 Å². The Labute approximate surface area is 132 Å². The second kappa shape index (κ2) is 6.19. The van der Waals surface area contributed by atoms with Gasteiger partial charge in [-0.2, -0.15) is 0 Å². The van der Waals surface area contributed by atoms with Gasteiger partial charge in [0, 0.05) is 5.88 Å². The molecule has 3 amide bonds. The van der Waals surface area contributed by atoms with Crippen LogP contribution < -0.4 is 15.4 Å². The second-order valence-corrected chi connectivity index (χ2v) is 5.71. The third-order valence-corrected chi connectivity index (χ3v) is 3.68. The van der Waals surface area contributed by atoms with Crippen LogP contribution in [0.4, 0.5) is 4.79 Å². The van der Waals surface area contributed by atoms with Gasteiger partial charge in [-0.25, -0.2) is 4.79 Å². The number of ether oxygens (including phenoxy) is 1. The first-order valence-corrected chi connectivity index (χ1v) is 7.07. The molecule has 0 unspecified atom stereocenters. The summed E-state index contributed by atoms with van der Waals surface area (Å²) in [4.78, 5) is 34.3. The molecule has 1 aromatic rings. The summed E-state index contributed by atoms with van der Waals surface area (Å²) < 4.78 is 5.24. The Kier molecular flexibility index (Phi) is 4.51. The highest BCUT2D eigenvalue weighted by atomic mass is 35.5. The standard InChI is InChI=1S/C15H15ClN2O4/c1-15(2,8-16)13(20)22-10-5-3-9(4-6-10)7-11-12(19)18-14(21)17-11/h3-7H,8H2,1-2H3,(H2,17,18,19,21)/b11-7+. The molecule has 0 radical (unpaired) electrons. The fourth-order valence-electron chi connectivity index (χ4n) is 1.58.